The van der Waals surface area contributed by atoms with Gasteiger partial charge in [-0.1, -0.05) is 42.5 Å². The van der Waals surface area contributed by atoms with E-state index in [9.17, 15) is 4.79 Å². The quantitative estimate of drug-likeness (QED) is 0.940. The molecule has 1 aliphatic rings. The molecule has 0 radical (unpaired) electrons. The van der Waals surface area contributed by atoms with Gasteiger partial charge in [0, 0.05) is 24.7 Å². The van der Waals surface area contributed by atoms with E-state index < -0.39 is 0 Å². The highest BCUT2D eigenvalue weighted by Crippen LogP contribution is 2.36. The van der Waals surface area contributed by atoms with Gasteiger partial charge in [-0.05, 0) is 43.9 Å². The fourth-order valence-corrected chi connectivity index (χ4v) is 3.42. The second-order valence-electron chi connectivity index (χ2n) is 6.82. The molecule has 0 fully saturated rings. The maximum absolute atomic E-state index is 12.2. The van der Waals surface area contributed by atoms with Crippen molar-refractivity contribution in [2.45, 2.75) is 12.5 Å². The molecule has 0 saturated heterocycles. The molecule has 1 aliphatic heterocycles. The first kappa shape index (κ1) is 16.7. The average molecular weight is 323 g/mol. The van der Waals surface area contributed by atoms with Crippen LogP contribution in [0, 0.1) is 0 Å². The number of benzene rings is 2. The fraction of sp³-hybridized carbons (Fsp3) is 0.350. The standard InChI is InChI=1S/C20H25N3O/c1-22(2)14-20(24)21-19-11-7-10-16-17(12-23(3)13-18(16)19)15-8-5-4-6-9-15/h4-11,17H,12-14H2,1-3H3,(H,21,24). The lowest BCUT2D eigenvalue weighted by atomic mass is 9.84. The van der Waals surface area contributed by atoms with Gasteiger partial charge in [0.05, 0.1) is 6.54 Å². The SMILES string of the molecule is CN(C)CC(=O)Nc1cccc2c1CN(C)CC2c1ccccc1. The molecule has 1 unspecified atom stereocenters. The number of carbonyl (C=O) groups excluding carboxylic acids is 1. The van der Waals surface area contributed by atoms with Crippen molar-refractivity contribution in [2.75, 3.05) is 39.5 Å². The summed E-state index contributed by atoms with van der Waals surface area (Å²) in [6, 6.07) is 16.9. The number of amides is 1. The van der Waals surface area contributed by atoms with Gasteiger partial charge in [0.15, 0.2) is 0 Å². The second kappa shape index (κ2) is 7.16. The van der Waals surface area contributed by atoms with E-state index in [0.29, 0.717) is 12.5 Å². The number of likely N-dealkylation sites (N-methyl/N-ethyl adjacent to an activating group) is 2. The Labute approximate surface area is 144 Å². The molecule has 2 aromatic rings. The molecule has 0 spiro atoms. The lowest BCUT2D eigenvalue weighted by molar-refractivity contribution is -0.116. The summed E-state index contributed by atoms with van der Waals surface area (Å²) in [5, 5.41) is 3.09. The van der Waals surface area contributed by atoms with Crippen LogP contribution in [-0.4, -0.2) is 49.9 Å². The Morgan fingerprint density at radius 2 is 1.92 bits per heavy atom. The topological polar surface area (TPSA) is 35.6 Å². The van der Waals surface area contributed by atoms with Crippen molar-refractivity contribution in [2.24, 2.45) is 0 Å². The molecule has 0 bridgehead atoms. The number of nitrogens with one attached hydrogen (secondary N) is 1. The molecule has 1 atom stereocenters. The number of hydrogen-bond donors (Lipinski definition) is 1. The number of carbonyl (C=O) groups is 1. The van der Waals surface area contributed by atoms with Gasteiger partial charge < -0.3 is 15.1 Å². The normalized spacial score (nSPS) is 17.6. The van der Waals surface area contributed by atoms with Crippen molar-refractivity contribution in [3.8, 4) is 0 Å². The van der Waals surface area contributed by atoms with Crippen LogP contribution in [0.5, 0.6) is 0 Å². The van der Waals surface area contributed by atoms with E-state index >= 15 is 0 Å². The lowest BCUT2D eigenvalue weighted by Crippen LogP contribution is -2.33. The van der Waals surface area contributed by atoms with Gasteiger partial charge in [0.1, 0.15) is 0 Å². The number of rotatable bonds is 4. The molecule has 126 valence electrons. The molecule has 1 heterocycles. The maximum Gasteiger partial charge on any atom is 0.238 e. The Morgan fingerprint density at radius 1 is 1.17 bits per heavy atom. The summed E-state index contributed by atoms with van der Waals surface area (Å²) in [4.78, 5) is 16.4. The van der Waals surface area contributed by atoms with Crippen LogP contribution in [0.25, 0.3) is 0 Å². The Morgan fingerprint density at radius 3 is 2.62 bits per heavy atom. The lowest BCUT2D eigenvalue weighted by Gasteiger charge is -2.34. The molecule has 1 N–H and O–H groups in total. The average Bonchev–Trinajstić information content (AvgIpc) is 2.55. The molecule has 4 heteroatoms. The largest absolute Gasteiger partial charge is 0.325 e. The molecule has 1 amide bonds. The fourth-order valence-electron chi connectivity index (χ4n) is 3.42. The van der Waals surface area contributed by atoms with Gasteiger partial charge in [-0.3, -0.25) is 4.79 Å². The molecule has 0 aliphatic carbocycles. The summed E-state index contributed by atoms with van der Waals surface area (Å²) in [5.41, 5.74) is 4.81. The maximum atomic E-state index is 12.2. The van der Waals surface area contributed by atoms with Crippen LogP contribution in [0.3, 0.4) is 0 Å². The van der Waals surface area contributed by atoms with Crippen molar-refractivity contribution in [1.29, 1.82) is 0 Å². The van der Waals surface area contributed by atoms with Gasteiger partial charge in [-0.25, -0.2) is 0 Å². The summed E-state index contributed by atoms with van der Waals surface area (Å²) in [6.07, 6.45) is 0. The minimum Gasteiger partial charge on any atom is -0.325 e. The summed E-state index contributed by atoms with van der Waals surface area (Å²) >= 11 is 0. The van der Waals surface area contributed by atoms with Crippen molar-refractivity contribution in [3.63, 3.8) is 0 Å². The van der Waals surface area contributed by atoms with Crippen molar-refractivity contribution < 1.29 is 4.79 Å². The molecule has 4 nitrogen and oxygen atoms in total. The minimum absolute atomic E-state index is 0.0258. The number of fused-ring (bicyclic) bond motifs is 1. The highest BCUT2D eigenvalue weighted by Gasteiger charge is 2.26. The Kier molecular flexibility index (Phi) is 4.97. The Bertz CT molecular complexity index is 712. The van der Waals surface area contributed by atoms with Gasteiger partial charge >= 0.3 is 0 Å². The highest BCUT2D eigenvalue weighted by atomic mass is 16.2. The van der Waals surface area contributed by atoms with Crippen LogP contribution >= 0.6 is 0 Å². The number of nitrogens with zero attached hydrogens (tertiary/aromatic N) is 2. The highest BCUT2D eigenvalue weighted by molar-refractivity contribution is 5.93. The van der Waals surface area contributed by atoms with E-state index in [1.54, 1.807) is 0 Å². The van der Waals surface area contributed by atoms with Crippen molar-refractivity contribution in [3.05, 3.63) is 65.2 Å². The number of anilines is 1. The number of hydrogen-bond acceptors (Lipinski definition) is 3. The molecule has 3 rings (SSSR count). The summed E-state index contributed by atoms with van der Waals surface area (Å²) in [5.74, 6) is 0.364. The molecular weight excluding hydrogens is 298 g/mol. The van der Waals surface area contributed by atoms with Crippen LogP contribution in [-0.2, 0) is 11.3 Å². The van der Waals surface area contributed by atoms with E-state index in [-0.39, 0.29) is 5.91 Å². The van der Waals surface area contributed by atoms with Gasteiger partial charge in [-0.15, -0.1) is 0 Å². The van der Waals surface area contributed by atoms with E-state index in [1.165, 1.54) is 16.7 Å². The zero-order valence-electron chi connectivity index (χ0n) is 14.6. The van der Waals surface area contributed by atoms with Crippen LogP contribution in [0.1, 0.15) is 22.6 Å². The zero-order chi connectivity index (χ0) is 17.1. The smallest absolute Gasteiger partial charge is 0.238 e. The third-order valence-corrected chi connectivity index (χ3v) is 4.45. The van der Waals surface area contributed by atoms with Crippen molar-refractivity contribution in [1.82, 2.24) is 9.80 Å². The molecule has 0 saturated carbocycles. The monoisotopic (exact) mass is 323 g/mol. The van der Waals surface area contributed by atoms with E-state index in [4.69, 9.17) is 0 Å². The molecule has 0 aromatic heterocycles. The third kappa shape index (κ3) is 3.66. The van der Waals surface area contributed by atoms with Crippen LogP contribution in [0.2, 0.25) is 0 Å². The summed E-state index contributed by atoms with van der Waals surface area (Å²) < 4.78 is 0. The van der Waals surface area contributed by atoms with Crippen LogP contribution < -0.4 is 5.32 Å². The van der Waals surface area contributed by atoms with Crippen LogP contribution in [0.15, 0.2) is 48.5 Å². The molecule has 24 heavy (non-hydrogen) atoms. The van der Waals surface area contributed by atoms with Crippen molar-refractivity contribution >= 4 is 11.6 Å². The summed E-state index contributed by atoms with van der Waals surface area (Å²) in [6.45, 7) is 2.24. The van der Waals surface area contributed by atoms with E-state index in [0.717, 1.165) is 18.8 Å². The minimum atomic E-state index is 0.0258. The van der Waals surface area contributed by atoms with Crippen LogP contribution in [0.4, 0.5) is 5.69 Å². The Hall–Kier alpha value is -2.17. The molecular formula is C20H25N3O. The summed E-state index contributed by atoms with van der Waals surface area (Å²) in [7, 11) is 5.94. The predicted molar refractivity (Wildman–Crippen MR) is 98.2 cm³/mol. The predicted octanol–water partition coefficient (Wildman–Crippen LogP) is 2.76. The van der Waals surface area contributed by atoms with Gasteiger partial charge in [0.25, 0.3) is 0 Å². The van der Waals surface area contributed by atoms with Gasteiger partial charge in [-0.2, -0.15) is 0 Å². The second-order valence-corrected chi connectivity index (χ2v) is 6.82. The third-order valence-electron chi connectivity index (χ3n) is 4.45. The zero-order valence-corrected chi connectivity index (χ0v) is 14.6. The van der Waals surface area contributed by atoms with E-state index in [2.05, 4.69) is 53.7 Å². The Balaban J connectivity index is 1.94. The van der Waals surface area contributed by atoms with Gasteiger partial charge in [0.2, 0.25) is 5.91 Å². The molecule has 2 aromatic carbocycles. The first-order valence-electron chi connectivity index (χ1n) is 8.34. The van der Waals surface area contributed by atoms with E-state index in [1.807, 2.05) is 31.1 Å². The first-order valence-corrected chi connectivity index (χ1v) is 8.34. The first-order chi connectivity index (χ1) is 11.5.